The van der Waals surface area contributed by atoms with Crippen molar-refractivity contribution in [3.8, 4) is 5.75 Å². The first-order valence-corrected chi connectivity index (χ1v) is 5.68. The zero-order chi connectivity index (χ0) is 10.4. The molecule has 0 bridgehead atoms. The Labute approximate surface area is 93.6 Å². The van der Waals surface area contributed by atoms with Gasteiger partial charge in [0, 0.05) is 4.47 Å². The standard InChI is InChI=1S/C11H16BrNO/c1-2-10(6-7-13)14-11-5-3-4-9(12)8-11/h3-5,8,10H,2,6-7,13H2,1H3. The smallest absolute Gasteiger partial charge is 0.120 e. The summed E-state index contributed by atoms with van der Waals surface area (Å²) in [5, 5.41) is 0. The summed E-state index contributed by atoms with van der Waals surface area (Å²) in [5.74, 6) is 0.902. The fourth-order valence-electron chi connectivity index (χ4n) is 1.27. The molecule has 0 radical (unpaired) electrons. The maximum absolute atomic E-state index is 5.77. The van der Waals surface area contributed by atoms with Crippen LogP contribution in [0.25, 0.3) is 0 Å². The SMILES string of the molecule is CCC(CCN)Oc1cccc(Br)c1. The second-order valence-electron chi connectivity index (χ2n) is 3.18. The van der Waals surface area contributed by atoms with Gasteiger partial charge in [0.05, 0.1) is 6.10 Å². The van der Waals surface area contributed by atoms with Crippen LogP contribution < -0.4 is 10.5 Å². The predicted octanol–water partition coefficient (Wildman–Crippen LogP) is 2.96. The van der Waals surface area contributed by atoms with Gasteiger partial charge in [-0.3, -0.25) is 0 Å². The van der Waals surface area contributed by atoms with Crippen LogP contribution in [0, 0.1) is 0 Å². The molecule has 1 aromatic rings. The van der Waals surface area contributed by atoms with Gasteiger partial charge in [-0.1, -0.05) is 28.9 Å². The monoisotopic (exact) mass is 257 g/mol. The van der Waals surface area contributed by atoms with E-state index in [0.29, 0.717) is 6.54 Å². The van der Waals surface area contributed by atoms with Gasteiger partial charge in [-0.15, -0.1) is 0 Å². The van der Waals surface area contributed by atoms with Crippen LogP contribution in [-0.2, 0) is 0 Å². The molecule has 0 aliphatic heterocycles. The zero-order valence-corrected chi connectivity index (χ0v) is 9.96. The van der Waals surface area contributed by atoms with E-state index in [-0.39, 0.29) is 6.10 Å². The summed E-state index contributed by atoms with van der Waals surface area (Å²) >= 11 is 3.41. The van der Waals surface area contributed by atoms with Crippen LogP contribution in [-0.4, -0.2) is 12.6 Å². The summed E-state index contributed by atoms with van der Waals surface area (Å²) in [6.45, 7) is 2.78. The summed E-state index contributed by atoms with van der Waals surface area (Å²) in [6.07, 6.45) is 2.13. The molecule has 1 rings (SSSR count). The van der Waals surface area contributed by atoms with E-state index >= 15 is 0 Å². The molecule has 0 aliphatic carbocycles. The highest BCUT2D eigenvalue weighted by Gasteiger charge is 2.06. The Bertz CT molecular complexity index is 278. The maximum Gasteiger partial charge on any atom is 0.120 e. The quantitative estimate of drug-likeness (QED) is 0.881. The van der Waals surface area contributed by atoms with Crippen LogP contribution in [0.2, 0.25) is 0 Å². The number of rotatable bonds is 5. The first kappa shape index (κ1) is 11.5. The van der Waals surface area contributed by atoms with Crippen LogP contribution in [0.15, 0.2) is 28.7 Å². The lowest BCUT2D eigenvalue weighted by molar-refractivity contribution is 0.189. The first-order chi connectivity index (χ1) is 6.76. The average Bonchev–Trinajstić information content (AvgIpc) is 2.17. The van der Waals surface area contributed by atoms with Gasteiger partial charge in [0.15, 0.2) is 0 Å². The van der Waals surface area contributed by atoms with Crippen LogP contribution in [0.3, 0.4) is 0 Å². The Kier molecular flexibility index (Phi) is 4.98. The number of benzene rings is 1. The molecule has 0 saturated heterocycles. The second kappa shape index (κ2) is 6.04. The highest BCUT2D eigenvalue weighted by Crippen LogP contribution is 2.20. The van der Waals surface area contributed by atoms with Gasteiger partial charge < -0.3 is 10.5 Å². The molecule has 78 valence electrons. The van der Waals surface area contributed by atoms with Crippen molar-refractivity contribution < 1.29 is 4.74 Å². The maximum atomic E-state index is 5.77. The van der Waals surface area contributed by atoms with Gasteiger partial charge in [-0.05, 0) is 37.6 Å². The topological polar surface area (TPSA) is 35.2 Å². The summed E-state index contributed by atoms with van der Waals surface area (Å²) < 4.78 is 6.81. The van der Waals surface area contributed by atoms with Crippen molar-refractivity contribution in [3.63, 3.8) is 0 Å². The van der Waals surface area contributed by atoms with E-state index in [4.69, 9.17) is 10.5 Å². The molecule has 14 heavy (non-hydrogen) atoms. The van der Waals surface area contributed by atoms with Crippen molar-refractivity contribution in [2.45, 2.75) is 25.9 Å². The highest BCUT2D eigenvalue weighted by molar-refractivity contribution is 9.10. The normalized spacial score (nSPS) is 12.5. The minimum atomic E-state index is 0.231. The summed E-state index contributed by atoms with van der Waals surface area (Å²) in [6, 6.07) is 7.88. The Morgan fingerprint density at radius 3 is 2.86 bits per heavy atom. The molecule has 0 aromatic heterocycles. The molecule has 0 amide bonds. The number of halogens is 1. The lowest BCUT2D eigenvalue weighted by Crippen LogP contribution is -2.19. The zero-order valence-electron chi connectivity index (χ0n) is 8.37. The van der Waals surface area contributed by atoms with Crippen molar-refractivity contribution in [3.05, 3.63) is 28.7 Å². The molecule has 0 heterocycles. The third-order valence-corrected chi connectivity index (χ3v) is 2.54. The molecule has 0 spiro atoms. The molecule has 1 atom stereocenters. The predicted molar refractivity (Wildman–Crippen MR) is 62.5 cm³/mol. The van der Waals surface area contributed by atoms with Crippen LogP contribution in [0.5, 0.6) is 5.75 Å². The van der Waals surface area contributed by atoms with Gasteiger partial charge in [-0.25, -0.2) is 0 Å². The Hall–Kier alpha value is -0.540. The van der Waals surface area contributed by atoms with E-state index in [1.54, 1.807) is 0 Å². The van der Waals surface area contributed by atoms with Crippen molar-refractivity contribution in [2.24, 2.45) is 5.73 Å². The average molecular weight is 258 g/mol. The van der Waals surface area contributed by atoms with Crippen molar-refractivity contribution in [1.82, 2.24) is 0 Å². The third kappa shape index (κ3) is 3.68. The molecule has 0 aliphatic rings. The number of hydrogen-bond acceptors (Lipinski definition) is 2. The Morgan fingerprint density at radius 1 is 1.50 bits per heavy atom. The second-order valence-corrected chi connectivity index (χ2v) is 4.10. The summed E-state index contributed by atoms with van der Waals surface area (Å²) in [5.41, 5.74) is 5.50. The van der Waals surface area contributed by atoms with Crippen LogP contribution in [0.4, 0.5) is 0 Å². The van der Waals surface area contributed by atoms with Crippen LogP contribution in [0.1, 0.15) is 19.8 Å². The van der Waals surface area contributed by atoms with Gasteiger partial charge in [0.1, 0.15) is 5.75 Å². The van der Waals surface area contributed by atoms with Gasteiger partial charge >= 0.3 is 0 Å². The highest BCUT2D eigenvalue weighted by atomic mass is 79.9. The molecule has 0 saturated carbocycles. The first-order valence-electron chi connectivity index (χ1n) is 4.88. The molecule has 3 heteroatoms. The number of hydrogen-bond donors (Lipinski definition) is 1. The molecular formula is C11H16BrNO. The van der Waals surface area contributed by atoms with E-state index < -0.39 is 0 Å². The molecule has 2 N–H and O–H groups in total. The van der Waals surface area contributed by atoms with Gasteiger partial charge in [0.2, 0.25) is 0 Å². The largest absolute Gasteiger partial charge is 0.490 e. The van der Waals surface area contributed by atoms with Gasteiger partial charge in [0.25, 0.3) is 0 Å². The molecule has 1 unspecified atom stereocenters. The van der Waals surface area contributed by atoms with Crippen molar-refractivity contribution in [2.75, 3.05) is 6.54 Å². The fraction of sp³-hybridized carbons (Fsp3) is 0.455. The Morgan fingerprint density at radius 2 is 2.29 bits per heavy atom. The van der Waals surface area contributed by atoms with E-state index in [0.717, 1.165) is 23.1 Å². The molecule has 2 nitrogen and oxygen atoms in total. The molecule has 0 fully saturated rings. The minimum absolute atomic E-state index is 0.231. The lowest BCUT2D eigenvalue weighted by Gasteiger charge is -2.16. The van der Waals surface area contributed by atoms with Crippen molar-refractivity contribution >= 4 is 15.9 Å². The fourth-order valence-corrected chi connectivity index (χ4v) is 1.64. The van der Waals surface area contributed by atoms with E-state index in [2.05, 4.69) is 22.9 Å². The number of nitrogens with two attached hydrogens (primary N) is 1. The summed E-state index contributed by atoms with van der Waals surface area (Å²) in [4.78, 5) is 0. The van der Waals surface area contributed by atoms with Crippen LogP contribution >= 0.6 is 15.9 Å². The third-order valence-electron chi connectivity index (χ3n) is 2.04. The number of ether oxygens (including phenoxy) is 1. The molecule has 1 aromatic carbocycles. The van der Waals surface area contributed by atoms with E-state index in [1.807, 2.05) is 24.3 Å². The van der Waals surface area contributed by atoms with E-state index in [1.165, 1.54) is 0 Å². The Balaban J connectivity index is 2.57. The van der Waals surface area contributed by atoms with Gasteiger partial charge in [-0.2, -0.15) is 0 Å². The molecular weight excluding hydrogens is 242 g/mol. The summed E-state index contributed by atoms with van der Waals surface area (Å²) in [7, 11) is 0. The van der Waals surface area contributed by atoms with E-state index in [9.17, 15) is 0 Å². The van der Waals surface area contributed by atoms with Crippen molar-refractivity contribution in [1.29, 1.82) is 0 Å². The lowest BCUT2D eigenvalue weighted by atomic mass is 10.2. The minimum Gasteiger partial charge on any atom is -0.490 e.